The Morgan fingerprint density at radius 2 is 2.00 bits per heavy atom. The lowest BCUT2D eigenvalue weighted by atomic mass is 10.0. The Hall–Kier alpha value is -0.510. The maximum atomic E-state index is 13.5. The Bertz CT molecular complexity index is 310. The highest BCUT2D eigenvalue weighted by Gasteiger charge is 2.22. The summed E-state index contributed by atoms with van der Waals surface area (Å²) in [4.78, 5) is 7.75. The van der Waals surface area contributed by atoms with Crippen molar-refractivity contribution < 1.29 is 4.39 Å². The summed E-state index contributed by atoms with van der Waals surface area (Å²) in [6, 6.07) is 0. The van der Waals surface area contributed by atoms with Gasteiger partial charge in [-0.25, -0.2) is 14.4 Å². The van der Waals surface area contributed by atoms with E-state index in [-0.39, 0.29) is 10.4 Å². The van der Waals surface area contributed by atoms with E-state index >= 15 is 0 Å². The summed E-state index contributed by atoms with van der Waals surface area (Å²) in [6.07, 6.45) is 5.90. The van der Waals surface area contributed by atoms with E-state index in [4.69, 9.17) is 0 Å². The number of nitrogens with zero attached hydrogens (tertiary/aromatic N) is 2. The summed E-state index contributed by atoms with van der Waals surface area (Å²) >= 11 is 3.07. The highest BCUT2D eigenvalue weighted by molar-refractivity contribution is 9.10. The third-order valence-corrected chi connectivity index (χ3v) is 3.07. The molecule has 0 radical (unpaired) electrons. The van der Waals surface area contributed by atoms with Crippen LogP contribution in [0.2, 0.25) is 0 Å². The molecule has 0 aromatic carbocycles. The fraction of sp³-hybridized carbons (Fsp3) is 0.556. The van der Waals surface area contributed by atoms with Gasteiger partial charge >= 0.3 is 0 Å². The lowest BCUT2D eigenvalue weighted by Gasteiger charge is -2.08. The largest absolute Gasteiger partial charge is 0.238 e. The van der Waals surface area contributed by atoms with Gasteiger partial charge in [0.1, 0.15) is 10.9 Å². The smallest absolute Gasteiger partial charge is 0.177 e. The van der Waals surface area contributed by atoms with Crippen LogP contribution in [0.1, 0.15) is 37.3 Å². The van der Waals surface area contributed by atoms with Crippen LogP contribution >= 0.6 is 15.9 Å². The Morgan fingerprint density at radius 1 is 1.31 bits per heavy atom. The average molecular weight is 245 g/mol. The first kappa shape index (κ1) is 9.06. The van der Waals surface area contributed by atoms with Gasteiger partial charge in [-0.3, -0.25) is 0 Å². The van der Waals surface area contributed by atoms with Crippen molar-refractivity contribution >= 4 is 15.9 Å². The van der Waals surface area contributed by atoms with Crippen molar-refractivity contribution in [3.63, 3.8) is 0 Å². The van der Waals surface area contributed by atoms with Gasteiger partial charge in [0.15, 0.2) is 5.82 Å². The molecule has 1 aliphatic rings. The molecule has 0 aliphatic heterocycles. The summed E-state index contributed by atoms with van der Waals surface area (Å²) in [7, 11) is 0. The average Bonchev–Trinajstić information content (AvgIpc) is 2.62. The van der Waals surface area contributed by atoms with Crippen LogP contribution in [-0.2, 0) is 0 Å². The third kappa shape index (κ3) is 1.73. The van der Waals surface area contributed by atoms with Gasteiger partial charge in [-0.2, -0.15) is 0 Å². The van der Waals surface area contributed by atoms with Crippen LogP contribution < -0.4 is 0 Å². The zero-order chi connectivity index (χ0) is 9.26. The van der Waals surface area contributed by atoms with Crippen LogP contribution in [0.4, 0.5) is 4.39 Å². The molecule has 13 heavy (non-hydrogen) atoms. The molecule has 70 valence electrons. The number of hydrogen-bond donors (Lipinski definition) is 0. The molecule has 1 aliphatic carbocycles. The normalized spacial score (nSPS) is 18.0. The first-order valence-corrected chi connectivity index (χ1v) is 5.24. The standard InChI is InChI=1S/C9H10BrFN2/c10-9-7(11)8(12-5-13-9)6-3-1-2-4-6/h5-6H,1-4H2. The second kappa shape index (κ2) is 3.70. The summed E-state index contributed by atoms with van der Waals surface area (Å²) in [5.41, 5.74) is 0.583. The van der Waals surface area contributed by atoms with Gasteiger partial charge in [0, 0.05) is 5.92 Å². The molecule has 1 aromatic rings. The first-order chi connectivity index (χ1) is 6.29. The van der Waals surface area contributed by atoms with Gasteiger partial charge in [0.05, 0.1) is 5.69 Å². The van der Waals surface area contributed by atoms with E-state index in [1.807, 2.05) is 0 Å². The van der Waals surface area contributed by atoms with Crippen molar-refractivity contribution in [1.82, 2.24) is 9.97 Å². The molecular weight excluding hydrogens is 235 g/mol. The maximum Gasteiger partial charge on any atom is 0.177 e. The molecule has 0 amide bonds. The molecule has 0 N–H and O–H groups in total. The zero-order valence-corrected chi connectivity index (χ0v) is 8.72. The summed E-state index contributed by atoms with van der Waals surface area (Å²) in [5.74, 6) is 0.0219. The Kier molecular flexibility index (Phi) is 2.58. The predicted octanol–water partition coefficient (Wildman–Crippen LogP) is 3.04. The van der Waals surface area contributed by atoms with Gasteiger partial charge < -0.3 is 0 Å². The highest BCUT2D eigenvalue weighted by atomic mass is 79.9. The molecule has 0 saturated heterocycles. The number of aromatic nitrogens is 2. The molecule has 0 bridgehead atoms. The van der Waals surface area contributed by atoms with Crippen molar-refractivity contribution in [3.8, 4) is 0 Å². The topological polar surface area (TPSA) is 25.8 Å². The van der Waals surface area contributed by atoms with E-state index in [1.165, 1.54) is 19.2 Å². The fourth-order valence-corrected chi connectivity index (χ4v) is 2.14. The molecule has 0 atom stereocenters. The first-order valence-electron chi connectivity index (χ1n) is 4.45. The van der Waals surface area contributed by atoms with Crippen molar-refractivity contribution in [3.05, 3.63) is 22.4 Å². The van der Waals surface area contributed by atoms with Crippen molar-refractivity contribution in [1.29, 1.82) is 0 Å². The van der Waals surface area contributed by atoms with Crippen molar-refractivity contribution in [2.45, 2.75) is 31.6 Å². The molecule has 4 heteroatoms. The SMILES string of the molecule is Fc1c(Br)ncnc1C1CCCC1. The second-order valence-electron chi connectivity index (χ2n) is 3.35. The quantitative estimate of drug-likeness (QED) is 0.710. The highest BCUT2D eigenvalue weighted by Crippen LogP contribution is 2.34. The van der Waals surface area contributed by atoms with Gasteiger partial charge in [-0.1, -0.05) is 12.8 Å². The molecule has 2 nitrogen and oxygen atoms in total. The summed E-state index contributed by atoms with van der Waals surface area (Å²) in [5, 5.41) is 0. The Balaban J connectivity index is 2.33. The van der Waals surface area contributed by atoms with E-state index < -0.39 is 0 Å². The van der Waals surface area contributed by atoms with E-state index in [2.05, 4.69) is 25.9 Å². The minimum atomic E-state index is -0.283. The lowest BCUT2D eigenvalue weighted by Crippen LogP contribution is -2.02. The maximum absolute atomic E-state index is 13.5. The lowest BCUT2D eigenvalue weighted by molar-refractivity contribution is 0.549. The molecule has 1 fully saturated rings. The number of hydrogen-bond acceptors (Lipinski definition) is 2. The van der Waals surface area contributed by atoms with Gasteiger partial charge in [0.25, 0.3) is 0 Å². The number of halogens is 2. The minimum Gasteiger partial charge on any atom is -0.238 e. The minimum absolute atomic E-state index is 0.282. The van der Waals surface area contributed by atoms with Crippen LogP contribution in [0, 0.1) is 5.82 Å². The Morgan fingerprint density at radius 3 is 2.69 bits per heavy atom. The summed E-state index contributed by atoms with van der Waals surface area (Å²) < 4.78 is 13.8. The van der Waals surface area contributed by atoms with E-state index in [0.717, 1.165) is 12.8 Å². The summed E-state index contributed by atoms with van der Waals surface area (Å²) in [6.45, 7) is 0. The molecule has 1 aromatic heterocycles. The van der Waals surface area contributed by atoms with Crippen LogP contribution in [0.25, 0.3) is 0 Å². The van der Waals surface area contributed by atoms with Crippen molar-refractivity contribution in [2.75, 3.05) is 0 Å². The fourth-order valence-electron chi connectivity index (χ4n) is 1.84. The number of rotatable bonds is 1. The van der Waals surface area contributed by atoms with Crippen LogP contribution in [0.5, 0.6) is 0 Å². The molecule has 1 heterocycles. The predicted molar refractivity (Wildman–Crippen MR) is 50.9 cm³/mol. The third-order valence-electron chi connectivity index (χ3n) is 2.52. The molecule has 2 rings (SSSR count). The molecular formula is C9H10BrFN2. The molecule has 1 saturated carbocycles. The molecule has 0 spiro atoms. The van der Waals surface area contributed by atoms with E-state index in [0.29, 0.717) is 11.6 Å². The van der Waals surface area contributed by atoms with Crippen LogP contribution in [0.15, 0.2) is 10.9 Å². The monoisotopic (exact) mass is 244 g/mol. The van der Waals surface area contributed by atoms with Gasteiger partial charge in [-0.05, 0) is 28.8 Å². The van der Waals surface area contributed by atoms with Gasteiger partial charge in [-0.15, -0.1) is 0 Å². The zero-order valence-electron chi connectivity index (χ0n) is 7.13. The Labute approximate surface area is 84.7 Å². The molecule has 0 unspecified atom stereocenters. The van der Waals surface area contributed by atoms with Crippen LogP contribution in [-0.4, -0.2) is 9.97 Å². The van der Waals surface area contributed by atoms with Gasteiger partial charge in [0.2, 0.25) is 0 Å². The van der Waals surface area contributed by atoms with Crippen LogP contribution in [0.3, 0.4) is 0 Å². The van der Waals surface area contributed by atoms with E-state index in [9.17, 15) is 4.39 Å². The van der Waals surface area contributed by atoms with Crippen molar-refractivity contribution in [2.24, 2.45) is 0 Å². The second-order valence-corrected chi connectivity index (χ2v) is 4.10. The van der Waals surface area contributed by atoms with E-state index in [1.54, 1.807) is 0 Å².